The van der Waals surface area contributed by atoms with Crippen molar-refractivity contribution in [1.82, 2.24) is 9.88 Å². The third kappa shape index (κ3) is 3.18. The van der Waals surface area contributed by atoms with Crippen LogP contribution in [0.15, 0.2) is 36.5 Å². The van der Waals surface area contributed by atoms with Crippen molar-refractivity contribution in [3.63, 3.8) is 0 Å². The molecule has 4 nitrogen and oxygen atoms in total. The van der Waals surface area contributed by atoms with Crippen LogP contribution in [0.1, 0.15) is 23.3 Å². The van der Waals surface area contributed by atoms with Gasteiger partial charge in [0.05, 0.1) is 15.7 Å². The summed E-state index contributed by atoms with van der Waals surface area (Å²) in [4.78, 5) is 18.4. The Morgan fingerprint density at radius 1 is 1.18 bits per heavy atom. The highest BCUT2D eigenvalue weighted by Crippen LogP contribution is 2.31. The Hall–Kier alpha value is -1.78. The molecule has 3 rings (SSSR count). The molecule has 1 fully saturated rings. The molecule has 22 heavy (non-hydrogen) atoms. The number of likely N-dealkylation sites (tertiary alicyclic amines) is 1. The van der Waals surface area contributed by atoms with Gasteiger partial charge in [-0.05, 0) is 37.1 Å². The van der Waals surface area contributed by atoms with Gasteiger partial charge in [-0.3, -0.25) is 9.78 Å². The van der Waals surface area contributed by atoms with E-state index in [0.717, 1.165) is 31.6 Å². The van der Waals surface area contributed by atoms with Crippen LogP contribution in [0, 0.1) is 0 Å². The van der Waals surface area contributed by atoms with E-state index < -0.39 is 0 Å². The molecule has 0 atom stereocenters. The van der Waals surface area contributed by atoms with Crippen molar-refractivity contribution in [3.8, 4) is 0 Å². The smallest absolute Gasteiger partial charge is 0.272 e. The van der Waals surface area contributed by atoms with Crippen molar-refractivity contribution in [3.05, 3.63) is 52.3 Å². The lowest BCUT2D eigenvalue weighted by Crippen LogP contribution is -2.28. The van der Waals surface area contributed by atoms with Crippen molar-refractivity contribution >= 4 is 40.5 Å². The number of anilines is 2. The molecule has 1 aromatic carbocycles. The van der Waals surface area contributed by atoms with E-state index >= 15 is 0 Å². The molecule has 0 spiro atoms. The number of hydrogen-bond acceptors (Lipinski definition) is 3. The van der Waals surface area contributed by atoms with Gasteiger partial charge in [-0.15, -0.1) is 0 Å². The molecular weight excluding hydrogens is 321 g/mol. The Labute approximate surface area is 139 Å². The Morgan fingerprint density at radius 2 is 1.95 bits per heavy atom. The van der Waals surface area contributed by atoms with E-state index in [1.54, 1.807) is 24.4 Å². The average Bonchev–Trinajstić information content (AvgIpc) is 3.06. The van der Waals surface area contributed by atoms with Gasteiger partial charge in [0.1, 0.15) is 5.69 Å². The third-order valence-electron chi connectivity index (χ3n) is 3.60. The number of pyridine rings is 1. The topological polar surface area (TPSA) is 45.2 Å². The van der Waals surface area contributed by atoms with E-state index in [2.05, 4.69) is 10.3 Å². The fraction of sp³-hybridized carbons (Fsp3) is 0.250. The number of aromatic nitrogens is 1. The number of carbonyl (C=O) groups is 1. The molecule has 0 saturated carbocycles. The molecule has 1 aliphatic heterocycles. The van der Waals surface area contributed by atoms with E-state index in [4.69, 9.17) is 23.2 Å². The summed E-state index contributed by atoms with van der Waals surface area (Å²) in [6.45, 7) is 1.61. The van der Waals surface area contributed by atoms with Gasteiger partial charge in [0.15, 0.2) is 0 Å². The summed E-state index contributed by atoms with van der Waals surface area (Å²) in [5.74, 6) is -0.0293. The predicted octanol–water partition coefficient (Wildman–Crippen LogP) is 4.37. The largest absolute Gasteiger partial charge is 0.354 e. The molecule has 2 heterocycles. The Bertz CT molecular complexity index is 700. The molecule has 0 bridgehead atoms. The van der Waals surface area contributed by atoms with Crippen LogP contribution in [0.5, 0.6) is 0 Å². The number of rotatable bonds is 3. The second-order valence-corrected chi connectivity index (χ2v) is 5.94. The monoisotopic (exact) mass is 335 g/mol. The van der Waals surface area contributed by atoms with Gasteiger partial charge in [0.25, 0.3) is 5.91 Å². The number of carbonyl (C=O) groups excluding carboxylic acids is 1. The van der Waals surface area contributed by atoms with E-state index in [0.29, 0.717) is 21.4 Å². The normalized spacial score (nSPS) is 14.2. The Kier molecular flexibility index (Phi) is 4.50. The highest BCUT2D eigenvalue weighted by atomic mass is 35.5. The Morgan fingerprint density at radius 3 is 2.73 bits per heavy atom. The summed E-state index contributed by atoms with van der Waals surface area (Å²) in [6.07, 6.45) is 3.73. The number of nitrogens with one attached hydrogen (secondary N) is 1. The van der Waals surface area contributed by atoms with Crippen LogP contribution in [0.3, 0.4) is 0 Å². The quantitative estimate of drug-likeness (QED) is 0.905. The van der Waals surface area contributed by atoms with Crippen molar-refractivity contribution in [2.75, 3.05) is 18.4 Å². The number of benzene rings is 1. The first-order valence-corrected chi connectivity index (χ1v) is 7.87. The molecule has 1 aromatic heterocycles. The van der Waals surface area contributed by atoms with E-state index in [-0.39, 0.29) is 5.91 Å². The molecule has 0 aliphatic carbocycles. The summed E-state index contributed by atoms with van der Waals surface area (Å²) in [7, 11) is 0. The highest BCUT2D eigenvalue weighted by molar-refractivity contribution is 6.43. The van der Waals surface area contributed by atoms with Gasteiger partial charge in [-0.25, -0.2) is 0 Å². The summed E-state index contributed by atoms with van der Waals surface area (Å²) in [5, 5.41) is 4.10. The predicted molar refractivity (Wildman–Crippen MR) is 89.1 cm³/mol. The molecule has 6 heteroatoms. The number of nitrogens with zero attached hydrogens (tertiary/aromatic N) is 2. The summed E-state index contributed by atoms with van der Waals surface area (Å²) in [5.41, 5.74) is 1.88. The standard InChI is InChI=1S/C16H15Cl2N3O/c17-12-4-3-5-13(15(12)18)20-11-6-7-19-14(10-11)16(22)21-8-1-2-9-21/h3-7,10H,1-2,8-9H2,(H,19,20). The maximum absolute atomic E-state index is 12.4. The fourth-order valence-electron chi connectivity index (χ4n) is 2.46. The molecule has 1 aliphatic rings. The maximum atomic E-state index is 12.4. The lowest BCUT2D eigenvalue weighted by atomic mass is 10.2. The highest BCUT2D eigenvalue weighted by Gasteiger charge is 2.20. The van der Waals surface area contributed by atoms with Crippen LogP contribution in [-0.4, -0.2) is 28.9 Å². The van der Waals surface area contributed by atoms with Crippen molar-refractivity contribution < 1.29 is 4.79 Å². The summed E-state index contributed by atoms with van der Waals surface area (Å²) >= 11 is 12.2. The van der Waals surface area contributed by atoms with Crippen LogP contribution in [0.25, 0.3) is 0 Å². The molecule has 0 radical (unpaired) electrons. The summed E-state index contributed by atoms with van der Waals surface area (Å²) in [6, 6.07) is 8.89. The maximum Gasteiger partial charge on any atom is 0.272 e. The van der Waals surface area contributed by atoms with Gasteiger partial charge < -0.3 is 10.2 Å². The number of halogens is 2. The van der Waals surface area contributed by atoms with Crippen LogP contribution < -0.4 is 5.32 Å². The number of hydrogen-bond donors (Lipinski definition) is 1. The second kappa shape index (κ2) is 6.55. The Balaban J connectivity index is 1.82. The van der Waals surface area contributed by atoms with Gasteiger partial charge >= 0.3 is 0 Å². The van der Waals surface area contributed by atoms with E-state index in [1.807, 2.05) is 17.0 Å². The van der Waals surface area contributed by atoms with Gasteiger partial charge in [0, 0.05) is 25.0 Å². The molecule has 1 N–H and O–H groups in total. The van der Waals surface area contributed by atoms with Crippen LogP contribution >= 0.6 is 23.2 Å². The first-order chi connectivity index (χ1) is 10.6. The number of amides is 1. The first-order valence-electron chi connectivity index (χ1n) is 7.11. The SMILES string of the molecule is O=C(c1cc(Nc2cccc(Cl)c2Cl)ccn1)N1CCCC1. The third-order valence-corrected chi connectivity index (χ3v) is 4.42. The van der Waals surface area contributed by atoms with Crippen molar-refractivity contribution in [1.29, 1.82) is 0 Å². The zero-order chi connectivity index (χ0) is 15.5. The zero-order valence-corrected chi connectivity index (χ0v) is 13.4. The minimum Gasteiger partial charge on any atom is -0.354 e. The molecule has 1 amide bonds. The fourth-order valence-corrected chi connectivity index (χ4v) is 2.81. The lowest BCUT2D eigenvalue weighted by molar-refractivity contribution is 0.0787. The average molecular weight is 336 g/mol. The minimum absolute atomic E-state index is 0.0293. The lowest BCUT2D eigenvalue weighted by Gasteiger charge is -2.15. The van der Waals surface area contributed by atoms with Gasteiger partial charge in [-0.1, -0.05) is 29.3 Å². The molecular formula is C16H15Cl2N3O. The van der Waals surface area contributed by atoms with Crippen LogP contribution in [0.2, 0.25) is 10.0 Å². The van der Waals surface area contributed by atoms with E-state index in [1.165, 1.54) is 0 Å². The van der Waals surface area contributed by atoms with Crippen molar-refractivity contribution in [2.24, 2.45) is 0 Å². The van der Waals surface area contributed by atoms with Crippen LogP contribution in [0.4, 0.5) is 11.4 Å². The van der Waals surface area contributed by atoms with Crippen LogP contribution in [-0.2, 0) is 0 Å². The minimum atomic E-state index is -0.0293. The van der Waals surface area contributed by atoms with Gasteiger partial charge in [0.2, 0.25) is 0 Å². The van der Waals surface area contributed by atoms with E-state index in [9.17, 15) is 4.79 Å². The molecule has 2 aromatic rings. The molecule has 1 saturated heterocycles. The molecule has 0 unspecified atom stereocenters. The second-order valence-electron chi connectivity index (χ2n) is 5.16. The first kappa shape index (κ1) is 15.1. The zero-order valence-electron chi connectivity index (χ0n) is 11.9. The molecule has 114 valence electrons. The van der Waals surface area contributed by atoms with Crippen molar-refractivity contribution in [2.45, 2.75) is 12.8 Å². The summed E-state index contributed by atoms with van der Waals surface area (Å²) < 4.78 is 0. The van der Waals surface area contributed by atoms with Gasteiger partial charge in [-0.2, -0.15) is 0 Å².